The Hall–Kier alpha value is 0.760. The first kappa shape index (κ1) is 11.8. The van der Waals surface area contributed by atoms with Gasteiger partial charge in [-0.25, -0.2) is 0 Å². The van der Waals surface area contributed by atoms with Crippen LogP contribution in [0.2, 0.25) is 10.0 Å². The number of benzene rings is 1. The van der Waals surface area contributed by atoms with E-state index in [-0.39, 0.29) is 0 Å². The second-order valence-electron chi connectivity index (χ2n) is 2.62. The van der Waals surface area contributed by atoms with Crippen molar-refractivity contribution in [2.45, 2.75) is 11.2 Å². The highest BCUT2D eigenvalue weighted by molar-refractivity contribution is 9.09. The predicted molar refractivity (Wildman–Crippen MR) is 66.5 cm³/mol. The summed E-state index contributed by atoms with van der Waals surface area (Å²) in [6.07, 6.45) is 1.03. The molecule has 0 radical (unpaired) electrons. The highest BCUT2D eigenvalue weighted by atomic mass is 79.9. The lowest BCUT2D eigenvalue weighted by molar-refractivity contribution is 0.929. The minimum absolute atomic E-state index is 0.335. The maximum absolute atomic E-state index is 5.89. The molecule has 0 bridgehead atoms. The van der Waals surface area contributed by atoms with Gasteiger partial charge in [0.15, 0.2) is 0 Å². The van der Waals surface area contributed by atoms with Crippen LogP contribution in [0.15, 0.2) is 18.2 Å². The number of rotatable bonds is 3. The fourth-order valence-electron chi connectivity index (χ4n) is 0.970. The molecule has 72 valence electrons. The number of hydrogen-bond acceptors (Lipinski definition) is 0. The van der Waals surface area contributed by atoms with Crippen LogP contribution in [-0.4, -0.2) is 5.33 Å². The van der Waals surface area contributed by atoms with Gasteiger partial charge in [0, 0.05) is 10.2 Å². The van der Waals surface area contributed by atoms with Crippen LogP contribution in [0.4, 0.5) is 0 Å². The van der Waals surface area contributed by atoms with Crippen molar-refractivity contribution >= 4 is 55.1 Å². The van der Waals surface area contributed by atoms with E-state index in [9.17, 15) is 0 Å². The van der Waals surface area contributed by atoms with E-state index in [4.69, 9.17) is 23.2 Å². The van der Waals surface area contributed by atoms with Crippen molar-refractivity contribution < 1.29 is 0 Å². The monoisotopic (exact) mass is 344 g/mol. The van der Waals surface area contributed by atoms with Crippen molar-refractivity contribution in [1.29, 1.82) is 0 Å². The molecule has 0 spiro atoms. The third-order valence-corrected chi connectivity index (χ3v) is 3.85. The highest BCUT2D eigenvalue weighted by Gasteiger charge is 2.08. The zero-order chi connectivity index (χ0) is 9.84. The summed E-state index contributed by atoms with van der Waals surface area (Å²) in [5, 5.41) is 2.17. The Morgan fingerprint density at radius 1 is 1.23 bits per heavy atom. The predicted octanol–water partition coefficient (Wildman–Crippen LogP) is 5.21. The molecule has 0 aliphatic rings. The van der Waals surface area contributed by atoms with Crippen LogP contribution in [0.5, 0.6) is 0 Å². The maximum atomic E-state index is 5.89. The van der Waals surface area contributed by atoms with Crippen LogP contribution in [0, 0.1) is 0 Å². The Morgan fingerprint density at radius 3 is 2.46 bits per heavy atom. The van der Waals surface area contributed by atoms with Crippen molar-refractivity contribution in [2.75, 3.05) is 5.33 Å². The molecular formula is C9H8Br2Cl2. The lowest BCUT2D eigenvalue weighted by Gasteiger charge is -2.08. The summed E-state index contributed by atoms with van der Waals surface area (Å²) >= 11 is 18.7. The number of hydrogen-bond donors (Lipinski definition) is 0. The fraction of sp³-hybridized carbons (Fsp3) is 0.333. The van der Waals surface area contributed by atoms with Gasteiger partial charge in [-0.1, -0.05) is 61.1 Å². The molecule has 0 aromatic heterocycles. The maximum Gasteiger partial charge on any atom is 0.0595 e. The molecule has 1 aromatic carbocycles. The van der Waals surface area contributed by atoms with Gasteiger partial charge in [-0.3, -0.25) is 0 Å². The van der Waals surface area contributed by atoms with Crippen LogP contribution in [-0.2, 0) is 0 Å². The minimum atomic E-state index is 0.335. The molecule has 13 heavy (non-hydrogen) atoms. The summed E-state index contributed by atoms with van der Waals surface area (Å²) in [6, 6.07) is 5.70. The topological polar surface area (TPSA) is 0 Å². The molecule has 1 rings (SSSR count). The van der Waals surface area contributed by atoms with Gasteiger partial charge in [-0.05, 0) is 24.1 Å². The summed E-state index contributed by atoms with van der Waals surface area (Å²) in [4.78, 5) is 0.335. The standard InChI is InChI=1S/C9H8Br2Cl2/c10-4-3-7(11)6-1-2-8(12)9(13)5-6/h1-2,5,7H,3-4H2. The van der Waals surface area contributed by atoms with E-state index < -0.39 is 0 Å². The van der Waals surface area contributed by atoms with Crippen LogP contribution in [0.25, 0.3) is 0 Å². The van der Waals surface area contributed by atoms with E-state index in [0.717, 1.165) is 17.3 Å². The normalized spacial score (nSPS) is 12.9. The Balaban J connectivity index is 2.84. The third-order valence-electron chi connectivity index (χ3n) is 1.67. The average Bonchev–Trinajstić information content (AvgIpc) is 2.10. The Labute approximate surface area is 105 Å². The second-order valence-corrected chi connectivity index (χ2v) is 5.33. The molecule has 1 unspecified atom stereocenters. The first-order chi connectivity index (χ1) is 6.15. The zero-order valence-corrected chi connectivity index (χ0v) is 11.4. The van der Waals surface area contributed by atoms with E-state index in [0.29, 0.717) is 14.9 Å². The molecule has 0 saturated carbocycles. The van der Waals surface area contributed by atoms with Crippen LogP contribution < -0.4 is 0 Å². The van der Waals surface area contributed by atoms with Crippen LogP contribution >= 0.6 is 55.1 Å². The molecule has 4 heteroatoms. The van der Waals surface area contributed by atoms with Gasteiger partial charge in [0.2, 0.25) is 0 Å². The summed E-state index contributed by atoms with van der Waals surface area (Å²) in [5.41, 5.74) is 1.16. The SMILES string of the molecule is Clc1ccc(C(Br)CCBr)cc1Cl. The molecule has 0 saturated heterocycles. The van der Waals surface area contributed by atoms with Gasteiger partial charge in [-0.15, -0.1) is 0 Å². The Kier molecular flexibility index (Phi) is 5.09. The number of alkyl halides is 2. The van der Waals surface area contributed by atoms with Gasteiger partial charge < -0.3 is 0 Å². The lowest BCUT2D eigenvalue weighted by atomic mass is 10.1. The molecule has 0 amide bonds. The van der Waals surface area contributed by atoms with Crippen molar-refractivity contribution in [1.82, 2.24) is 0 Å². The van der Waals surface area contributed by atoms with E-state index in [1.165, 1.54) is 0 Å². The molecule has 0 nitrogen and oxygen atoms in total. The third kappa shape index (κ3) is 3.43. The summed E-state index contributed by atoms with van der Waals surface area (Å²) in [6.45, 7) is 0. The molecule has 1 atom stereocenters. The largest absolute Gasteiger partial charge is 0.0928 e. The van der Waals surface area contributed by atoms with Crippen LogP contribution in [0.3, 0.4) is 0 Å². The molecule has 0 aliphatic heterocycles. The summed E-state index contributed by atoms with van der Waals surface area (Å²) in [7, 11) is 0. The molecule has 1 aromatic rings. The number of halogens is 4. The van der Waals surface area contributed by atoms with Crippen molar-refractivity contribution in [3.05, 3.63) is 33.8 Å². The van der Waals surface area contributed by atoms with E-state index in [1.807, 2.05) is 18.2 Å². The highest BCUT2D eigenvalue weighted by Crippen LogP contribution is 2.31. The molecular weight excluding hydrogens is 339 g/mol. The molecule has 0 N–H and O–H groups in total. The van der Waals surface area contributed by atoms with Crippen LogP contribution in [0.1, 0.15) is 16.8 Å². The van der Waals surface area contributed by atoms with E-state index in [1.54, 1.807) is 0 Å². The van der Waals surface area contributed by atoms with Crippen molar-refractivity contribution in [3.8, 4) is 0 Å². The van der Waals surface area contributed by atoms with Gasteiger partial charge in [-0.2, -0.15) is 0 Å². The van der Waals surface area contributed by atoms with Gasteiger partial charge in [0.25, 0.3) is 0 Å². The summed E-state index contributed by atoms with van der Waals surface area (Å²) < 4.78 is 0. The summed E-state index contributed by atoms with van der Waals surface area (Å²) in [5.74, 6) is 0. The van der Waals surface area contributed by atoms with E-state index in [2.05, 4.69) is 31.9 Å². The second kappa shape index (κ2) is 5.59. The quantitative estimate of drug-likeness (QED) is 0.659. The Bertz CT molecular complexity index is 289. The average molecular weight is 347 g/mol. The molecule has 0 fully saturated rings. The van der Waals surface area contributed by atoms with E-state index >= 15 is 0 Å². The smallest absolute Gasteiger partial charge is 0.0595 e. The molecule has 0 heterocycles. The fourth-order valence-corrected chi connectivity index (χ4v) is 2.86. The van der Waals surface area contributed by atoms with Gasteiger partial charge >= 0.3 is 0 Å². The van der Waals surface area contributed by atoms with Crippen molar-refractivity contribution in [2.24, 2.45) is 0 Å². The first-order valence-corrected chi connectivity index (χ1v) is 6.59. The van der Waals surface area contributed by atoms with Gasteiger partial charge in [0.1, 0.15) is 0 Å². The van der Waals surface area contributed by atoms with Gasteiger partial charge in [0.05, 0.1) is 10.0 Å². The molecule has 0 aliphatic carbocycles. The Morgan fingerprint density at radius 2 is 1.92 bits per heavy atom. The lowest BCUT2D eigenvalue weighted by Crippen LogP contribution is -1.90. The van der Waals surface area contributed by atoms with Crippen molar-refractivity contribution in [3.63, 3.8) is 0 Å². The minimum Gasteiger partial charge on any atom is -0.0928 e. The first-order valence-electron chi connectivity index (χ1n) is 3.80. The zero-order valence-electron chi connectivity index (χ0n) is 6.74.